The molecule has 0 radical (unpaired) electrons. The van der Waals surface area contributed by atoms with Crippen molar-refractivity contribution in [3.05, 3.63) is 57.0 Å². The lowest BCUT2D eigenvalue weighted by atomic mass is 10.1. The van der Waals surface area contributed by atoms with Gasteiger partial charge in [-0.3, -0.25) is 4.79 Å². The van der Waals surface area contributed by atoms with E-state index in [-0.39, 0.29) is 11.6 Å². The summed E-state index contributed by atoms with van der Waals surface area (Å²) in [5, 5.41) is 3.16. The molecule has 100 valence electrons. The fourth-order valence-electron chi connectivity index (χ4n) is 1.88. The molecular formula is C14H16BrN3O. The Kier molecular flexibility index (Phi) is 4.37. The summed E-state index contributed by atoms with van der Waals surface area (Å²) in [5.74, 6) is 0.393. The maximum absolute atomic E-state index is 11.9. The van der Waals surface area contributed by atoms with Crippen molar-refractivity contribution in [2.75, 3.05) is 5.32 Å². The molecule has 1 unspecified atom stereocenters. The molecule has 2 aromatic rings. The second-order valence-corrected chi connectivity index (χ2v) is 5.39. The summed E-state index contributed by atoms with van der Waals surface area (Å²) in [7, 11) is 1.72. The molecule has 1 N–H and O–H groups in total. The number of benzene rings is 1. The topological polar surface area (TPSA) is 46.9 Å². The van der Waals surface area contributed by atoms with Crippen LogP contribution in [0.25, 0.3) is 0 Å². The Balaban J connectivity index is 2.10. The molecule has 0 amide bonds. The Bertz CT molecular complexity index is 624. The Hall–Kier alpha value is -1.62. The van der Waals surface area contributed by atoms with Gasteiger partial charge < -0.3 is 9.88 Å². The number of aromatic nitrogens is 2. The molecule has 1 aromatic carbocycles. The Morgan fingerprint density at radius 3 is 2.89 bits per heavy atom. The van der Waals surface area contributed by atoms with Gasteiger partial charge in [-0.05, 0) is 25.0 Å². The summed E-state index contributed by atoms with van der Waals surface area (Å²) >= 11 is 3.53. The van der Waals surface area contributed by atoms with Crippen molar-refractivity contribution < 1.29 is 0 Å². The number of halogens is 1. The number of nitrogens with one attached hydrogen (secondary N) is 1. The summed E-state index contributed by atoms with van der Waals surface area (Å²) < 4.78 is 2.60. The van der Waals surface area contributed by atoms with Crippen LogP contribution in [-0.4, -0.2) is 15.6 Å². The molecule has 5 heteroatoms. The molecule has 0 spiro atoms. The minimum absolute atomic E-state index is 0.110. The average molecular weight is 322 g/mol. The number of rotatable bonds is 4. The largest absolute Gasteiger partial charge is 0.363 e. The number of aryl methyl sites for hydroxylation is 1. The van der Waals surface area contributed by atoms with Crippen molar-refractivity contribution in [3.63, 3.8) is 0 Å². The fraction of sp³-hybridized carbons (Fsp3) is 0.286. The van der Waals surface area contributed by atoms with E-state index in [1.165, 1.54) is 10.1 Å². The van der Waals surface area contributed by atoms with Gasteiger partial charge in [-0.15, -0.1) is 0 Å². The van der Waals surface area contributed by atoms with Gasteiger partial charge in [0.05, 0.1) is 0 Å². The minimum Gasteiger partial charge on any atom is -0.363 e. The first-order valence-corrected chi connectivity index (χ1v) is 6.89. The summed E-state index contributed by atoms with van der Waals surface area (Å²) in [5.41, 5.74) is 1.09. The number of anilines is 1. The highest BCUT2D eigenvalue weighted by atomic mass is 79.9. The second kappa shape index (κ2) is 6.02. The third-order valence-electron chi connectivity index (χ3n) is 2.88. The predicted octanol–water partition coefficient (Wildman–Crippen LogP) is 2.59. The lowest BCUT2D eigenvalue weighted by Crippen LogP contribution is -2.27. The van der Waals surface area contributed by atoms with Crippen LogP contribution in [-0.2, 0) is 13.5 Å². The SMILES string of the molecule is CC(Cc1ccccc1Br)Nc1nccn(C)c1=O. The minimum atomic E-state index is -0.110. The Morgan fingerprint density at radius 2 is 2.16 bits per heavy atom. The van der Waals surface area contributed by atoms with E-state index in [2.05, 4.69) is 32.3 Å². The zero-order chi connectivity index (χ0) is 13.8. The van der Waals surface area contributed by atoms with E-state index in [1.54, 1.807) is 19.4 Å². The summed E-state index contributed by atoms with van der Waals surface area (Å²) in [4.78, 5) is 15.9. The Labute approximate surface area is 120 Å². The van der Waals surface area contributed by atoms with Crippen molar-refractivity contribution in [1.29, 1.82) is 0 Å². The van der Waals surface area contributed by atoms with Crippen molar-refractivity contribution >= 4 is 21.7 Å². The maximum Gasteiger partial charge on any atom is 0.293 e. The van der Waals surface area contributed by atoms with Crippen LogP contribution in [0.3, 0.4) is 0 Å². The molecule has 1 atom stereocenters. The van der Waals surface area contributed by atoms with Gasteiger partial charge in [-0.1, -0.05) is 34.1 Å². The van der Waals surface area contributed by atoms with Gasteiger partial charge in [0.15, 0.2) is 5.82 Å². The number of hydrogen-bond donors (Lipinski definition) is 1. The predicted molar refractivity (Wildman–Crippen MR) is 80.4 cm³/mol. The van der Waals surface area contributed by atoms with Crippen LogP contribution in [0.15, 0.2) is 45.9 Å². The van der Waals surface area contributed by atoms with Crippen molar-refractivity contribution in [1.82, 2.24) is 9.55 Å². The van der Waals surface area contributed by atoms with Crippen molar-refractivity contribution in [3.8, 4) is 0 Å². The average Bonchev–Trinajstić information content (AvgIpc) is 2.38. The Morgan fingerprint density at radius 1 is 1.42 bits per heavy atom. The lowest BCUT2D eigenvalue weighted by Gasteiger charge is -2.15. The number of hydrogen-bond acceptors (Lipinski definition) is 3. The molecule has 2 rings (SSSR count). The molecule has 0 bridgehead atoms. The zero-order valence-electron chi connectivity index (χ0n) is 10.9. The van der Waals surface area contributed by atoms with E-state index in [1.807, 2.05) is 25.1 Å². The van der Waals surface area contributed by atoms with E-state index in [9.17, 15) is 4.79 Å². The van der Waals surface area contributed by atoms with Crippen LogP contribution in [0, 0.1) is 0 Å². The molecule has 4 nitrogen and oxygen atoms in total. The number of nitrogens with zero attached hydrogens (tertiary/aromatic N) is 2. The fourth-order valence-corrected chi connectivity index (χ4v) is 2.32. The van der Waals surface area contributed by atoms with Crippen molar-refractivity contribution in [2.24, 2.45) is 7.05 Å². The maximum atomic E-state index is 11.9. The van der Waals surface area contributed by atoms with Crippen LogP contribution in [0.5, 0.6) is 0 Å². The molecule has 0 aliphatic rings. The molecule has 0 aliphatic carbocycles. The van der Waals surface area contributed by atoms with Gasteiger partial charge >= 0.3 is 0 Å². The smallest absolute Gasteiger partial charge is 0.293 e. The summed E-state index contributed by atoms with van der Waals surface area (Å²) in [6.45, 7) is 2.04. The zero-order valence-corrected chi connectivity index (χ0v) is 12.5. The first-order valence-electron chi connectivity index (χ1n) is 6.09. The summed E-state index contributed by atoms with van der Waals surface area (Å²) in [6.07, 6.45) is 4.09. The third-order valence-corrected chi connectivity index (χ3v) is 3.66. The van der Waals surface area contributed by atoms with Crippen LogP contribution in [0.4, 0.5) is 5.82 Å². The van der Waals surface area contributed by atoms with E-state index in [4.69, 9.17) is 0 Å². The van der Waals surface area contributed by atoms with Crippen LogP contribution < -0.4 is 10.9 Å². The molecule has 0 fully saturated rings. The van der Waals surface area contributed by atoms with E-state index >= 15 is 0 Å². The second-order valence-electron chi connectivity index (χ2n) is 4.53. The van der Waals surface area contributed by atoms with E-state index in [0.29, 0.717) is 5.82 Å². The quantitative estimate of drug-likeness (QED) is 0.941. The van der Waals surface area contributed by atoms with E-state index in [0.717, 1.165) is 10.9 Å². The lowest BCUT2D eigenvalue weighted by molar-refractivity contribution is 0.765. The van der Waals surface area contributed by atoms with Gasteiger partial charge in [-0.25, -0.2) is 4.98 Å². The first-order chi connectivity index (χ1) is 9.08. The highest BCUT2D eigenvalue weighted by Gasteiger charge is 2.09. The molecule has 0 saturated carbocycles. The molecule has 1 heterocycles. The summed E-state index contributed by atoms with van der Waals surface area (Å²) in [6, 6.07) is 8.20. The van der Waals surface area contributed by atoms with Gasteiger partial charge in [0.25, 0.3) is 5.56 Å². The molecule has 0 saturated heterocycles. The van der Waals surface area contributed by atoms with Crippen LogP contribution >= 0.6 is 15.9 Å². The van der Waals surface area contributed by atoms with E-state index < -0.39 is 0 Å². The first kappa shape index (κ1) is 13.8. The third kappa shape index (κ3) is 3.44. The normalized spacial score (nSPS) is 12.2. The molecular weight excluding hydrogens is 306 g/mol. The van der Waals surface area contributed by atoms with Gasteiger partial charge in [0.1, 0.15) is 0 Å². The van der Waals surface area contributed by atoms with Gasteiger partial charge in [0, 0.05) is 30.0 Å². The standard InChI is InChI=1S/C14H16BrN3O/c1-10(9-11-5-3-4-6-12(11)15)17-13-14(19)18(2)8-7-16-13/h3-8,10H,9H2,1-2H3,(H,16,17). The van der Waals surface area contributed by atoms with Gasteiger partial charge in [-0.2, -0.15) is 0 Å². The van der Waals surface area contributed by atoms with Crippen molar-refractivity contribution in [2.45, 2.75) is 19.4 Å². The molecule has 0 aliphatic heterocycles. The monoisotopic (exact) mass is 321 g/mol. The van der Waals surface area contributed by atoms with Gasteiger partial charge in [0.2, 0.25) is 0 Å². The molecule has 1 aromatic heterocycles. The molecule has 19 heavy (non-hydrogen) atoms. The highest BCUT2D eigenvalue weighted by Crippen LogP contribution is 2.18. The van der Waals surface area contributed by atoms with Crippen LogP contribution in [0.1, 0.15) is 12.5 Å². The highest BCUT2D eigenvalue weighted by molar-refractivity contribution is 9.10. The van der Waals surface area contributed by atoms with Crippen LogP contribution in [0.2, 0.25) is 0 Å².